The van der Waals surface area contributed by atoms with Crippen molar-refractivity contribution in [1.82, 2.24) is 10.1 Å². The molecule has 0 radical (unpaired) electrons. The molecule has 0 saturated carbocycles. The molecule has 2 aromatic rings. The molecule has 6 nitrogen and oxygen atoms in total. The predicted octanol–water partition coefficient (Wildman–Crippen LogP) is 2.39. The van der Waals surface area contributed by atoms with Crippen molar-refractivity contribution in [1.29, 1.82) is 0 Å². The zero-order valence-corrected chi connectivity index (χ0v) is 12.7. The van der Waals surface area contributed by atoms with Crippen LogP contribution in [0.3, 0.4) is 0 Å². The fourth-order valence-electron chi connectivity index (χ4n) is 1.48. The summed E-state index contributed by atoms with van der Waals surface area (Å²) < 4.78 is 31.9. The van der Waals surface area contributed by atoms with Gasteiger partial charge in [0.1, 0.15) is 23.0 Å². The molecule has 0 spiro atoms. The lowest BCUT2D eigenvalue weighted by Crippen LogP contribution is -2.16. The molecule has 8 heteroatoms. The van der Waals surface area contributed by atoms with Crippen molar-refractivity contribution >= 4 is 31.8 Å². The zero-order valence-electron chi connectivity index (χ0n) is 10.3. The maximum Gasteiger partial charge on any atom is 0.239 e. The molecule has 0 aliphatic rings. The van der Waals surface area contributed by atoms with Crippen LogP contribution < -0.4 is 4.72 Å². The summed E-state index contributed by atoms with van der Waals surface area (Å²) in [5, 5.41) is 3.65. The normalized spacial score (nSPS) is 11.5. The fraction of sp³-hybridized carbons (Fsp3) is 0.273. The summed E-state index contributed by atoms with van der Waals surface area (Å²) in [5.74, 6) is 0.602. The van der Waals surface area contributed by atoms with E-state index in [-0.39, 0.29) is 11.6 Å². The Bertz CT molecular complexity index is 697. The lowest BCUT2D eigenvalue weighted by Gasteiger charge is -2.07. The van der Waals surface area contributed by atoms with Crippen molar-refractivity contribution in [2.75, 3.05) is 4.72 Å². The summed E-state index contributed by atoms with van der Waals surface area (Å²) in [4.78, 5) is 4.12. The van der Waals surface area contributed by atoms with E-state index in [0.717, 1.165) is 4.47 Å². The summed E-state index contributed by atoms with van der Waals surface area (Å²) in [6.07, 6.45) is 0. The van der Waals surface area contributed by atoms with Gasteiger partial charge in [0.15, 0.2) is 0 Å². The summed E-state index contributed by atoms with van der Waals surface area (Å²) in [7, 11) is -3.55. The minimum absolute atomic E-state index is 0.249. The highest BCUT2D eigenvalue weighted by Crippen LogP contribution is 2.17. The average Bonchev–Trinajstić information content (AvgIpc) is 2.68. The van der Waals surface area contributed by atoms with E-state index < -0.39 is 10.0 Å². The van der Waals surface area contributed by atoms with Crippen molar-refractivity contribution in [3.63, 3.8) is 0 Å². The van der Waals surface area contributed by atoms with E-state index in [0.29, 0.717) is 17.1 Å². The third-order valence-corrected chi connectivity index (χ3v) is 4.33. The Morgan fingerprint density at radius 1 is 1.37 bits per heavy atom. The number of rotatable bonds is 4. The van der Waals surface area contributed by atoms with Crippen LogP contribution in [-0.4, -0.2) is 18.6 Å². The first-order valence-corrected chi connectivity index (χ1v) is 7.86. The van der Waals surface area contributed by atoms with Gasteiger partial charge in [-0.05, 0) is 41.9 Å². The van der Waals surface area contributed by atoms with Crippen molar-refractivity contribution in [2.45, 2.75) is 19.6 Å². The van der Waals surface area contributed by atoms with Crippen LogP contribution in [0, 0.1) is 13.8 Å². The van der Waals surface area contributed by atoms with Gasteiger partial charge in [-0.3, -0.25) is 4.72 Å². The van der Waals surface area contributed by atoms with Crippen LogP contribution in [0.1, 0.15) is 17.1 Å². The van der Waals surface area contributed by atoms with Crippen LogP contribution in [0.4, 0.5) is 5.82 Å². The number of halogens is 1. The third kappa shape index (κ3) is 3.77. The number of sulfonamides is 1. The first-order chi connectivity index (χ1) is 8.85. The molecule has 0 amide bonds. The number of aromatic nitrogens is 2. The first-order valence-electron chi connectivity index (χ1n) is 5.41. The minimum atomic E-state index is -3.55. The van der Waals surface area contributed by atoms with Crippen molar-refractivity contribution in [3.05, 3.63) is 39.8 Å². The zero-order chi connectivity index (χ0) is 14.0. The summed E-state index contributed by atoms with van der Waals surface area (Å²) >= 11 is 3.30. The van der Waals surface area contributed by atoms with Crippen molar-refractivity contribution in [2.24, 2.45) is 0 Å². The third-order valence-electron chi connectivity index (χ3n) is 2.30. The smallest absolute Gasteiger partial charge is 0.239 e. The SMILES string of the molecule is Cc1cc(CS(=O)(=O)Nc2ccc(Br)c(C)n2)no1. The van der Waals surface area contributed by atoms with Gasteiger partial charge in [0, 0.05) is 10.5 Å². The van der Waals surface area contributed by atoms with Crippen LogP contribution in [0.15, 0.2) is 27.2 Å². The molecule has 0 bridgehead atoms. The molecule has 0 aliphatic carbocycles. The molecule has 2 rings (SSSR count). The number of nitrogens with one attached hydrogen (secondary N) is 1. The van der Waals surface area contributed by atoms with Crippen LogP contribution >= 0.6 is 15.9 Å². The molecule has 0 unspecified atom stereocenters. The molecule has 19 heavy (non-hydrogen) atoms. The van der Waals surface area contributed by atoms with Crippen LogP contribution in [-0.2, 0) is 15.8 Å². The Kier molecular flexibility index (Phi) is 3.91. The van der Waals surface area contributed by atoms with Gasteiger partial charge in [0.25, 0.3) is 0 Å². The molecule has 2 heterocycles. The molecule has 0 aliphatic heterocycles. The number of anilines is 1. The molecular formula is C11H12BrN3O3S. The van der Waals surface area contributed by atoms with Gasteiger partial charge in [0.05, 0.1) is 5.69 Å². The Balaban J connectivity index is 2.14. The highest BCUT2D eigenvalue weighted by molar-refractivity contribution is 9.10. The Morgan fingerprint density at radius 2 is 2.11 bits per heavy atom. The van der Waals surface area contributed by atoms with E-state index >= 15 is 0 Å². The second-order valence-electron chi connectivity index (χ2n) is 4.05. The number of nitrogens with zero attached hydrogens (tertiary/aromatic N) is 2. The van der Waals surface area contributed by atoms with E-state index in [1.807, 2.05) is 0 Å². The van der Waals surface area contributed by atoms with E-state index in [2.05, 4.69) is 30.8 Å². The Labute approximate surface area is 119 Å². The maximum absolute atomic E-state index is 11.9. The number of aryl methyl sites for hydroxylation is 2. The quantitative estimate of drug-likeness (QED) is 0.919. The van der Waals surface area contributed by atoms with Gasteiger partial charge < -0.3 is 4.52 Å². The Hall–Kier alpha value is -1.41. The number of hydrogen-bond donors (Lipinski definition) is 1. The summed E-state index contributed by atoms with van der Waals surface area (Å²) in [6, 6.07) is 4.91. The fourth-order valence-corrected chi connectivity index (χ4v) is 2.73. The minimum Gasteiger partial charge on any atom is -0.361 e. The van der Waals surface area contributed by atoms with Crippen LogP contribution in [0.5, 0.6) is 0 Å². The Morgan fingerprint density at radius 3 is 2.68 bits per heavy atom. The standard InChI is InChI=1S/C11H12BrN3O3S/c1-7-5-9(14-18-7)6-19(16,17)15-11-4-3-10(12)8(2)13-11/h3-5H,6H2,1-2H3,(H,13,15). The molecule has 2 aromatic heterocycles. The van der Waals surface area contributed by atoms with E-state index in [9.17, 15) is 8.42 Å². The van der Waals surface area contributed by atoms with E-state index in [1.54, 1.807) is 32.0 Å². The molecular weight excluding hydrogens is 334 g/mol. The molecule has 0 fully saturated rings. The molecule has 0 atom stereocenters. The van der Waals surface area contributed by atoms with Gasteiger partial charge in [-0.2, -0.15) is 0 Å². The largest absolute Gasteiger partial charge is 0.361 e. The van der Waals surface area contributed by atoms with E-state index in [1.165, 1.54) is 0 Å². The molecule has 102 valence electrons. The van der Waals surface area contributed by atoms with Crippen LogP contribution in [0.25, 0.3) is 0 Å². The van der Waals surface area contributed by atoms with Crippen molar-refractivity contribution in [3.8, 4) is 0 Å². The molecule has 0 saturated heterocycles. The molecule has 1 N–H and O–H groups in total. The number of hydrogen-bond acceptors (Lipinski definition) is 5. The molecule has 0 aromatic carbocycles. The van der Waals surface area contributed by atoms with Crippen LogP contribution in [0.2, 0.25) is 0 Å². The van der Waals surface area contributed by atoms with Gasteiger partial charge in [-0.25, -0.2) is 13.4 Å². The topological polar surface area (TPSA) is 85.1 Å². The number of pyridine rings is 1. The summed E-state index contributed by atoms with van der Waals surface area (Å²) in [5.41, 5.74) is 1.07. The van der Waals surface area contributed by atoms with E-state index in [4.69, 9.17) is 4.52 Å². The average molecular weight is 346 g/mol. The van der Waals surface area contributed by atoms with Gasteiger partial charge in [-0.1, -0.05) is 5.16 Å². The van der Waals surface area contributed by atoms with Crippen molar-refractivity contribution < 1.29 is 12.9 Å². The lowest BCUT2D eigenvalue weighted by atomic mass is 10.4. The van der Waals surface area contributed by atoms with Gasteiger partial charge in [-0.15, -0.1) is 0 Å². The van der Waals surface area contributed by atoms with Gasteiger partial charge in [0.2, 0.25) is 10.0 Å². The monoisotopic (exact) mass is 345 g/mol. The second-order valence-corrected chi connectivity index (χ2v) is 6.63. The lowest BCUT2D eigenvalue weighted by molar-refractivity contribution is 0.392. The summed E-state index contributed by atoms with van der Waals surface area (Å²) in [6.45, 7) is 3.49. The predicted molar refractivity (Wildman–Crippen MR) is 74.2 cm³/mol. The second kappa shape index (κ2) is 5.30. The highest BCUT2D eigenvalue weighted by Gasteiger charge is 2.15. The van der Waals surface area contributed by atoms with Gasteiger partial charge >= 0.3 is 0 Å². The maximum atomic E-state index is 11.9. The first kappa shape index (κ1) is 14.0. The highest BCUT2D eigenvalue weighted by atomic mass is 79.9.